The van der Waals surface area contributed by atoms with E-state index in [4.69, 9.17) is 9.47 Å². The largest absolute Gasteiger partial charge is 0.465 e. The zero-order chi connectivity index (χ0) is 47.1. The van der Waals surface area contributed by atoms with Gasteiger partial charge < -0.3 is 24.4 Å². The lowest BCUT2D eigenvalue weighted by Gasteiger charge is -2.33. The van der Waals surface area contributed by atoms with E-state index in [2.05, 4.69) is 58.5 Å². The van der Waals surface area contributed by atoms with Gasteiger partial charge in [0.05, 0.1) is 13.2 Å². The maximum absolute atomic E-state index is 13.9. The molecule has 0 bridgehead atoms. The van der Waals surface area contributed by atoms with Crippen LogP contribution in [0.15, 0.2) is 0 Å². The van der Waals surface area contributed by atoms with Crippen LogP contribution >= 0.6 is 0 Å². The summed E-state index contributed by atoms with van der Waals surface area (Å²) in [7, 11) is 4.27. The van der Waals surface area contributed by atoms with Gasteiger partial charge in [-0.15, -0.1) is 0 Å². The Kier molecular flexibility index (Phi) is 47.4. The standard InChI is InChI=1S/C57H114N2O5/c1-8-13-18-21-28-35-45-55(60)59(49-38-48-58(6)7)54(43-33-26-22-24-29-36-46-56(61)63-50-52(39-16-11-4)41-31-19-14-9-2)44-34-27-23-25-30-37-47-57(62)64-51-53(40-17-12-5)42-32-20-15-10-3/h52-54,56,61H,8-51H2,1-7H3. The molecule has 0 aromatic heterocycles. The molecule has 0 heterocycles. The molecule has 0 spiro atoms. The minimum absolute atomic E-state index is 0.00357. The molecule has 4 unspecified atom stereocenters. The van der Waals surface area contributed by atoms with Gasteiger partial charge in [-0.25, -0.2) is 0 Å². The maximum atomic E-state index is 13.9. The Bertz CT molecular complexity index is 978. The molecule has 0 aromatic rings. The number of carbonyl (C=O) groups is 2. The van der Waals surface area contributed by atoms with Crippen LogP contribution in [0.2, 0.25) is 0 Å². The molecule has 7 nitrogen and oxygen atoms in total. The lowest BCUT2D eigenvalue weighted by atomic mass is 9.96. The molecule has 0 aromatic carbocycles. The molecule has 0 saturated carbocycles. The summed E-state index contributed by atoms with van der Waals surface area (Å²) in [5.41, 5.74) is 0. The van der Waals surface area contributed by atoms with Crippen LogP contribution in [-0.4, -0.2) is 79.5 Å². The molecule has 0 saturated heterocycles. The Labute approximate surface area is 400 Å². The fourth-order valence-electron chi connectivity index (χ4n) is 9.43. The number of aliphatic hydroxyl groups is 1. The summed E-state index contributed by atoms with van der Waals surface area (Å²) in [5.74, 6) is 1.49. The summed E-state index contributed by atoms with van der Waals surface area (Å²) < 4.78 is 11.8. The number of aliphatic hydroxyl groups excluding tert-OH is 1. The molecule has 0 radical (unpaired) electrons. The molecule has 1 N–H and O–H groups in total. The van der Waals surface area contributed by atoms with Crippen LogP contribution in [0.3, 0.4) is 0 Å². The third-order valence-corrected chi connectivity index (χ3v) is 13.8. The topological polar surface area (TPSA) is 79.3 Å². The third-order valence-electron chi connectivity index (χ3n) is 13.8. The van der Waals surface area contributed by atoms with Gasteiger partial charge in [0.15, 0.2) is 6.29 Å². The average molecular weight is 908 g/mol. The van der Waals surface area contributed by atoms with Gasteiger partial charge in [0.1, 0.15) is 0 Å². The number of amides is 1. The first-order chi connectivity index (χ1) is 31.2. The molecule has 64 heavy (non-hydrogen) atoms. The lowest BCUT2D eigenvalue weighted by Crippen LogP contribution is -2.41. The van der Waals surface area contributed by atoms with Crippen molar-refractivity contribution in [2.75, 3.05) is 40.4 Å². The van der Waals surface area contributed by atoms with E-state index in [1.165, 1.54) is 186 Å². The smallest absolute Gasteiger partial charge is 0.305 e. The molecular formula is C57H114N2O5. The fraction of sp³-hybridized carbons (Fsp3) is 0.965. The van der Waals surface area contributed by atoms with E-state index in [0.717, 1.165) is 70.9 Å². The Morgan fingerprint density at radius 3 is 1.31 bits per heavy atom. The van der Waals surface area contributed by atoms with Gasteiger partial charge in [-0.05, 0) is 103 Å². The number of nitrogens with zero attached hydrogens (tertiary/aromatic N) is 2. The number of esters is 1. The van der Waals surface area contributed by atoms with Crippen LogP contribution in [0, 0.1) is 11.8 Å². The first kappa shape index (κ1) is 62.8. The summed E-state index contributed by atoms with van der Waals surface area (Å²) in [6, 6.07) is 0.331. The lowest BCUT2D eigenvalue weighted by molar-refractivity contribution is -0.145. The maximum Gasteiger partial charge on any atom is 0.305 e. The quantitative estimate of drug-likeness (QED) is 0.0372. The summed E-state index contributed by atoms with van der Waals surface area (Å²) in [5, 5.41) is 10.6. The van der Waals surface area contributed by atoms with Gasteiger partial charge in [0.2, 0.25) is 5.91 Å². The number of carbonyl (C=O) groups excluding carboxylic acids is 2. The number of hydrogen-bond acceptors (Lipinski definition) is 6. The van der Waals surface area contributed by atoms with Crippen LogP contribution in [-0.2, 0) is 19.1 Å². The molecular weight excluding hydrogens is 793 g/mol. The van der Waals surface area contributed by atoms with Crippen molar-refractivity contribution in [1.82, 2.24) is 9.80 Å². The number of unbranched alkanes of at least 4 members (excludes halogenated alkanes) is 23. The van der Waals surface area contributed by atoms with Crippen LogP contribution in [0.1, 0.15) is 291 Å². The number of ether oxygens (including phenoxy) is 2. The number of rotatable bonds is 51. The van der Waals surface area contributed by atoms with E-state index < -0.39 is 6.29 Å². The predicted octanol–water partition coefficient (Wildman–Crippen LogP) is 16.6. The molecule has 0 aliphatic heterocycles. The van der Waals surface area contributed by atoms with Gasteiger partial charge in [-0.3, -0.25) is 9.59 Å². The van der Waals surface area contributed by atoms with Crippen molar-refractivity contribution >= 4 is 11.9 Å². The third kappa shape index (κ3) is 41.0. The van der Waals surface area contributed by atoms with E-state index in [1.54, 1.807) is 0 Å². The molecule has 382 valence electrons. The van der Waals surface area contributed by atoms with Gasteiger partial charge >= 0.3 is 5.97 Å². The highest BCUT2D eigenvalue weighted by atomic mass is 16.6. The van der Waals surface area contributed by atoms with Gasteiger partial charge in [0.25, 0.3) is 0 Å². The van der Waals surface area contributed by atoms with Gasteiger partial charge in [-0.1, -0.05) is 208 Å². The summed E-state index contributed by atoms with van der Waals surface area (Å²) in [6.07, 6.45) is 45.6. The van der Waals surface area contributed by atoms with Crippen molar-refractivity contribution in [3.63, 3.8) is 0 Å². The summed E-state index contributed by atoms with van der Waals surface area (Å²) in [4.78, 5) is 31.1. The van der Waals surface area contributed by atoms with Gasteiger partial charge in [-0.2, -0.15) is 0 Å². The van der Waals surface area contributed by atoms with E-state index in [0.29, 0.717) is 49.8 Å². The molecule has 0 aliphatic carbocycles. The molecule has 0 fully saturated rings. The molecule has 7 heteroatoms. The van der Waals surface area contributed by atoms with Crippen molar-refractivity contribution in [3.05, 3.63) is 0 Å². The van der Waals surface area contributed by atoms with Gasteiger partial charge in [0, 0.05) is 25.4 Å². The zero-order valence-electron chi connectivity index (χ0n) is 44.4. The highest BCUT2D eigenvalue weighted by Gasteiger charge is 2.23. The van der Waals surface area contributed by atoms with Crippen LogP contribution in [0.25, 0.3) is 0 Å². The predicted molar refractivity (Wildman–Crippen MR) is 277 cm³/mol. The zero-order valence-corrected chi connectivity index (χ0v) is 44.4. The minimum atomic E-state index is -0.625. The second-order valence-electron chi connectivity index (χ2n) is 20.5. The monoisotopic (exact) mass is 907 g/mol. The van der Waals surface area contributed by atoms with E-state index in [1.807, 2.05) is 0 Å². The Morgan fingerprint density at radius 2 is 0.812 bits per heavy atom. The summed E-state index contributed by atoms with van der Waals surface area (Å²) >= 11 is 0. The van der Waals surface area contributed by atoms with Crippen molar-refractivity contribution in [3.8, 4) is 0 Å². The average Bonchev–Trinajstić information content (AvgIpc) is 3.28. The molecule has 1 amide bonds. The Morgan fingerprint density at radius 1 is 0.422 bits per heavy atom. The highest BCUT2D eigenvalue weighted by Crippen LogP contribution is 2.24. The fourth-order valence-corrected chi connectivity index (χ4v) is 9.43. The van der Waals surface area contributed by atoms with Crippen molar-refractivity contribution in [2.24, 2.45) is 11.8 Å². The van der Waals surface area contributed by atoms with Crippen LogP contribution in [0.4, 0.5) is 0 Å². The van der Waals surface area contributed by atoms with Crippen LogP contribution in [0.5, 0.6) is 0 Å². The van der Waals surface area contributed by atoms with Crippen molar-refractivity contribution < 1.29 is 24.2 Å². The second kappa shape index (κ2) is 48.3. The first-order valence-corrected chi connectivity index (χ1v) is 28.6. The van der Waals surface area contributed by atoms with Crippen LogP contribution < -0.4 is 0 Å². The van der Waals surface area contributed by atoms with Crippen molar-refractivity contribution in [1.29, 1.82) is 0 Å². The first-order valence-electron chi connectivity index (χ1n) is 28.6. The van der Waals surface area contributed by atoms with E-state index in [9.17, 15) is 14.7 Å². The Hall–Kier alpha value is -1.18. The van der Waals surface area contributed by atoms with Crippen molar-refractivity contribution in [2.45, 2.75) is 304 Å². The minimum Gasteiger partial charge on any atom is -0.465 e. The van der Waals surface area contributed by atoms with E-state index in [-0.39, 0.29) is 5.97 Å². The molecule has 0 aliphatic rings. The second-order valence-corrected chi connectivity index (χ2v) is 20.5. The highest BCUT2D eigenvalue weighted by molar-refractivity contribution is 5.76. The van der Waals surface area contributed by atoms with E-state index >= 15 is 0 Å². The Balaban J connectivity index is 4.95. The SMILES string of the molecule is CCCCCCCCC(=O)N(CCCN(C)C)C(CCCCCCCCC(=O)OCC(CCCC)CCCCCC)CCCCCCCCC(O)OCC(CCCC)CCCCCC. The summed E-state index contributed by atoms with van der Waals surface area (Å²) in [6.45, 7) is 14.5. The normalized spacial score (nSPS) is 13.6. The molecule has 0 rings (SSSR count). The number of hydrogen-bond donors (Lipinski definition) is 1. The molecule has 4 atom stereocenters.